The van der Waals surface area contributed by atoms with E-state index >= 15 is 0 Å². The number of amides is 2. The number of benzene rings is 1. The summed E-state index contributed by atoms with van der Waals surface area (Å²) in [5.74, 6) is -2.37. The largest absolute Gasteiger partial charge is 0.460 e. The summed E-state index contributed by atoms with van der Waals surface area (Å²) in [7, 11) is 1.53. The molecule has 7 heteroatoms. The highest BCUT2D eigenvalue weighted by molar-refractivity contribution is 6.42. The van der Waals surface area contributed by atoms with Gasteiger partial charge in [0.05, 0.1) is 24.4 Å². The number of esters is 1. The topological polar surface area (TPSA) is 84.0 Å². The molecule has 2 amide bonds. The van der Waals surface area contributed by atoms with Crippen molar-refractivity contribution in [2.45, 2.75) is 6.92 Å². The zero-order chi connectivity index (χ0) is 16.3. The van der Waals surface area contributed by atoms with Crippen molar-refractivity contribution in [2.24, 2.45) is 0 Å². The summed E-state index contributed by atoms with van der Waals surface area (Å²) in [6.45, 7) is 1.45. The van der Waals surface area contributed by atoms with E-state index in [1.165, 1.54) is 29.0 Å². The third kappa shape index (κ3) is 2.98. The quantitative estimate of drug-likeness (QED) is 0.452. The molecular formula is C15H16N2O5. The van der Waals surface area contributed by atoms with E-state index in [0.29, 0.717) is 0 Å². The molecule has 1 fully saturated rings. The minimum atomic E-state index is -0.983. The van der Waals surface area contributed by atoms with Gasteiger partial charge in [0, 0.05) is 7.05 Å². The average Bonchev–Trinajstić information content (AvgIpc) is 2.50. The fourth-order valence-corrected chi connectivity index (χ4v) is 2.15. The second-order valence-electron chi connectivity index (χ2n) is 4.80. The highest BCUT2D eigenvalue weighted by Crippen LogP contribution is 2.23. The highest BCUT2D eigenvalue weighted by Gasteiger charge is 2.32. The van der Waals surface area contributed by atoms with Gasteiger partial charge in [-0.3, -0.25) is 14.4 Å². The fraction of sp³-hybridized carbons (Fsp3) is 0.333. The molecule has 0 radical (unpaired) electrons. The maximum Gasteiger partial charge on any atom is 0.379 e. The van der Waals surface area contributed by atoms with Crippen LogP contribution in [0.25, 0.3) is 0 Å². The molecule has 116 valence electrons. The van der Waals surface area contributed by atoms with E-state index in [9.17, 15) is 19.2 Å². The summed E-state index contributed by atoms with van der Waals surface area (Å²) >= 11 is 0. The van der Waals surface area contributed by atoms with E-state index in [0.717, 1.165) is 0 Å². The molecule has 0 bridgehead atoms. The highest BCUT2D eigenvalue weighted by atomic mass is 16.5. The summed E-state index contributed by atoms with van der Waals surface area (Å²) in [6, 6.07) is 6.18. The fourth-order valence-electron chi connectivity index (χ4n) is 2.15. The van der Waals surface area contributed by atoms with Crippen molar-refractivity contribution in [1.29, 1.82) is 0 Å². The molecule has 1 aliphatic rings. The van der Waals surface area contributed by atoms with Gasteiger partial charge < -0.3 is 14.5 Å². The number of ketones is 1. The summed E-state index contributed by atoms with van der Waals surface area (Å²) in [5.41, 5.74) is 0.290. The molecule has 0 unspecified atom stereocenters. The SMILES string of the molecule is CCOC(=O)C(=O)c1ccccc1N1CC(=O)N(C)CC1=O. The first-order valence-corrected chi connectivity index (χ1v) is 6.80. The van der Waals surface area contributed by atoms with Crippen LogP contribution in [0, 0.1) is 0 Å². The molecule has 1 heterocycles. The van der Waals surface area contributed by atoms with Crippen LogP contribution in [0.5, 0.6) is 0 Å². The maximum absolute atomic E-state index is 12.1. The molecule has 0 aromatic heterocycles. The number of piperazine rings is 1. The minimum absolute atomic E-state index is 0.0478. The zero-order valence-corrected chi connectivity index (χ0v) is 12.4. The molecule has 0 spiro atoms. The number of carbonyl (C=O) groups excluding carboxylic acids is 4. The Bertz CT molecular complexity index is 641. The van der Waals surface area contributed by atoms with Gasteiger partial charge in [0.1, 0.15) is 6.54 Å². The molecular weight excluding hydrogens is 288 g/mol. The standard InChI is InChI=1S/C15H16N2O5/c1-3-22-15(21)14(20)10-6-4-5-7-11(10)17-9-12(18)16(2)8-13(17)19/h4-7H,3,8-9H2,1-2H3. The molecule has 1 aliphatic heterocycles. The number of carbonyl (C=O) groups is 4. The lowest BCUT2D eigenvalue weighted by atomic mass is 10.1. The Hall–Kier alpha value is -2.70. The predicted molar refractivity (Wildman–Crippen MR) is 77.4 cm³/mol. The van der Waals surface area contributed by atoms with E-state index in [1.54, 1.807) is 19.1 Å². The molecule has 2 rings (SSSR count). The number of para-hydroxylation sites is 1. The predicted octanol–water partition coefficient (Wildman–Crippen LogP) is 0.237. The van der Waals surface area contributed by atoms with Gasteiger partial charge in [0.15, 0.2) is 0 Å². The smallest absolute Gasteiger partial charge is 0.379 e. The van der Waals surface area contributed by atoms with Gasteiger partial charge in [-0.2, -0.15) is 0 Å². The van der Waals surface area contributed by atoms with Crippen LogP contribution in [0.1, 0.15) is 17.3 Å². The molecule has 1 aromatic rings. The van der Waals surface area contributed by atoms with Crippen molar-refractivity contribution < 1.29 is 23.9 Å². The number of hydrogen-bond donors (Lipinski definition) is 0. The Kier molecular flexibility index (Phi) is 4.55. The van der Waals surface area contributed by atoms with Crippen molar-refractivity contribution in [1.82, 2.24) is 4.90 Å². The van der Waals surface area contributed by atoms with Gasteiger partial charge in [0.2, 0.25) is 11.8 Å². The number of hydrogen-bond acceptors (Lipinski definition) is 5. The number of likely N-dealkylation sites (N-methyl/N-ethyl adjacent to an activating group) is 1. The van der Waals surface area contributed by atoms with Crippen LogP contribution in [-0.4, -0.2) is 55.2 Å². The van der Waals surface area contributed by atoms with E-state index in [1.807, 2.05) is 0 Å². The van der Waals surface area contributed by atoms with Crippen LogP contribution in [-0.2, 0) is 19.1 Å². The summed E-state index contributed by atoms with van der Waals surface area (Å²) < 4.78 is 4.70. The molecule has 7 nitrogen and oxygen atoms in total. The van der Waals surface area contributed by atoms with Crippen molar-refractivity contribution in [2.75, 3.05) is 31.6 Å². The molecule has 0 N–H and O–H groups in total. The summed E-state index contributed by atoms with van der Waals surface area (Å²) in [4.78, 5) is 50.2. The third-order valence-electron chi connectivity index (χ3n) is 3.29. The maximum atomic E-state index is 12.1. The Morgan fingerprint density at radius 3 is 2.50 bits per heavy atom. The van der Waals surface area contributed by atoms with Gasteiger partial charge in [-0.15, -0.1) is 0 Å². The zero-order valence-electron chi connectivity index (χ0n) is 12.4. The first-order valence-electron chi connectivity index (χ1n) is 6.80. The molecule has 22 heavy (non-hydrogen) atoms. The number of anilines is 1. The molecule has 1 aromatic carbocycles. The second-order valence-corrected chi connectivity index (χ2v) is 4.80. The van der Waals surface area contributed by atoms with Gasteiger partial charge in [-0.1, -0.05) is 12.1 Å². The molecule has 0 atom stereocenters. The Labute approximate surface area is 127 Å². The van der Waals surface area contributed by atoms with E-state index < -0.39 is 11.8 Å². The van der Waals surface area contributed by atoms with Gasteiger partial charge in [-0.25, -0.2) is 4.79 Å². The van der Waals surface area contributed by atoms with Crippen LogP contribution in [0.3, 0.4) is 0 Å². The molecule has 1 saturated heterocycles. The molecule has 0 aliphatic carbocycles. The lowest BCUT2D eigenvalue weighted by Gasteiger charge is -2.32. The Balaban J connectivity index is 2.36. The summed E-state index contributed by atoms with van der Waals surface area (Å²) in [5, 5.41) is 0. The van der Waals surface area contributed by atoms with Crippen LogP contribution in [0.4, 0.5) is 5.69 Å². The first kappa shape index (κ1) is 15.7. The van der Waals surface area contributed by atoms with Crippen LogP contribution >= 0.6 is 0 Å². The van der Waals surface area contributed by atoms with E-state index in [-0.39, 0.29) is 42.8 Å². The number of rotatable bonds is 4. The lowest BCUT2D eigenvalue weighted by Crippen LogP contribution is -2.52. The first-order chi connectivity index (χ1) is 10.5. The number of ether oxygens (including phenoxy) is 1. The van der Waals surface area contributed by atoms with Crippen molar-refractivity contribution in [3.05, 3.63) is 29.8 Å². The van der Waals surface area contributed by atoms with Crippen molar-refractivity contribution >= 4 is 29.3 Å². The van der Waals surface area contributed by atoms with Crippen LogP contribution < -0.4 is 4.90 Å². The van der Waals surface area contributed by atoms with Crippen LogP contribution in [0.2, 0.25) is 0 Å². The van der Waals surface area contributed by atoms with E-state index in [4.69, 9.17) is 4.74 Å². The number of nitrogens with zero attached hydrogens (tertiary/aromatic N) is 2. The second kappa shape index (κ2) is 6.38. The third-order valence-corrected chi connectivity index (χ3v) is 3.29. The number of Topliss-reactive ketones (excluding diaryl/α,β-unsaturated/α-hetero) is 1. The van der Waals surface area contributed by atoms with Gasteiger partial charge in [-0.05, 0) is 19.1 Å². The average molecular weight is 304 g/mol. The monoisotopic (exact) mass is 304 g/mol. The normalized spacial score (nSPS) is 15.0. The van der Waals surface area contributed by atoms with Crippen molar-refractivity contribution in [3.8, 4) is 0 Å². The summed E-state index contributed by atoms with van der Waals surface area (Å²) in [6.07, 6.45) is 0. The Morgan fingerprint density at radius 1 is 1.14 bits per heavy atom. The van der Waals surface area contributed by atoms with Crippen LogP contribution in [0.15, 0.2) is 24.3 Å². The molecule has 0 saturated carbocycles. The van der Waals surface area contributed by atoms with Gasteiger partial charge in [0.25, 0.3) is 5.78 Å². The van der Waals surface area contributed by atoms with E-state index in [2.05, 4.69) is 0 Å². The van der Waals surface area contributed by atoms with Crippen molar-refractivity contribution in [3.63, 3.8) is 0 Å². The Morgan fingerprint density at radius 2 is 1.82 bits per heavy atom. The minimum Gasteiger partial charge on any atom is -0.460 e. The lowest BCUT2D eigenvalue weighted by molar-refractivity contribution is -0.137. The van der Waals surface area contributed by atoms with Gasteiger partial charge >= 0.3 is 5.97 Å².